The first-order valence-corrected chi connectivity index (χ1v) is 21.2. The van der Waals surface area contributed by atoms with Crippen molar-refractivity contribution < 1.29 is 8.22 Å². The lowest BCUT2D eigenvalue weighted by molar-refractivity contribution is 0.773. The normalized spacial score (nSPS) is 16.5. The Hall–Kier alpha value is -7.94. The van der Waals surface area contributed by atoms with Crippen molar-refractivity contribution in [3.05, 3.63) is 252 Å². The van der Waals surface area contributed by atoms with Crippen LogP contribution >= 0.6 is 0 Å². The highest BCUT2D eigenvalue weighted by Crippen LogP contribution is 2.64. The van der Waals surface area contributed by atoms with Crippen LogP contribution in [-0.2, 0) is 11.8 Å². The topological polar surface area (TPSA) is 8.17 Å². The van der Waals surface area contributed by atoms with Crippen molar-refractivity contribution in [1.82, 2.24) is 4.57 Å². The van der Waals surface area contributed by atoms with Crippen LogP contribution in [0.4, 0.5) is 17.1 Å². The van der Waals surface area contributed by atoms with E-state index in [2.05, 4.69) is 161 Å². The molecule has 62 heavy (non-hydrogen) atoms. The van der Waals surface area contributed by atoms with E-state index in [1.807, 2.05) is 30.3 Å². The Kier molecular flexibility index (Phi) is 5.77. The Morgan fingerprint density at radius 1 is 0.452 bits per heavy atom. The van der Waals surface area contributed by atoms with E-state index in [1.54, 1.807) is 0 Å². The van der Waals surface area contributed by atoms with Gasteiger partial charge in [0.25, 0.3) is 0 Å². The number of anilines is 3. The minimum Gasteiger partial charge on any atom is -0.309 e. The van der Waals surface area contributed by atoms with E-state index < -0.39 is 5.41 Å². The molecule has 1 unspecified atom stereocenters. The molecular weight excluding hydrogens is 749 g/mol. The Morgan fingerprint density at radius 2 is 1.10 bits per heavy atom. The van der Waals surface area contributed by atoms with Crippen molar-refractivity contribution in [2.24, 2.45) is 0 Å². The molecule has 14 rings (SSSR count). The van der Waals surface area contributed by atoms with Gasteiger partial charge in [-0.1, -0.05) is 170 Å². The molecule has 0 fully saturated rings. The number of rotatable bonds is 4. The molecule has 0 radical (unpaired) electrons. The molecule has 1 aromatic heterocycles. The Morgan fingerprint density at radius 3 is 1.97 bits per heavy atom. The van der Waals surface area contributed by atoms with Crippen LogP contribution in [0.2, 0.25) is 0 Å². The average Bonchev–Trinajstić information content (AvgIpc) is 4.02. The zero-order valence-corrected chi connectivity index (χ0v) is 33.4. The van der Waals surface area contributed by atoms with Gasteiger partial charge in [0.15, 0.2) is 0 Å². The van der Waals surface area contributed by atoms with Crippen molar-refractivity contribution in [1.29, 1.82) is 0 Å². The molecule has 2 nitrogen and oxygen atoms in total. The van der Waals surface area contributed by atoms with Gasteiger partial charge < -0.3 is 9.47 Å². The first kappa shape index (κ1) is 28.5. The van der Waals surface area contributed by atoms with Gasteiger partial charge in [-0.15, -0.1) is 0 Å². The molecule has 11 aromatic rings. The molecule has 0 N–H and O–H groups in total. The van der Waals surface area contributed by atoms with Crippen molar-refractivity contribution in [2.45, 2.75) is 11.8 Å². The van der Waals surface area contributed by atoms with E-state index in [0.717, 1.165) is 84.4 Å². The number of hydrogen-bond acceptors (Lipinski definition) is 1. The van der Waals surface area contributed by atoms with E-state index in [4.69, 9.17) is 1.37 Å². The van der Waals surface area contributed by atoms with Crippen molar-refractivity contribution in [3.63, 3.8) is 0 Å². The van der Waals surface area contributed by atoms with E-state index in [0.29, 0.717) is 16.5 Å². The highest BCUT2D eigenvalue weighted by Gasteiger charge is 2.51. The summed E-state index contributed by atoms with van der Waals surface area (Å²) in [5, 5.41) is 2.83. The highest BCUT2D eigenvalue weighted by molar-refractivity contribution is 6.12. The van der Waals surface area contributed by atoms with E-state index in [1.165, 1.54) is 22.3 Å². The monoisotopic (exact) mass is 792 g/mol. The Balaban J connectivity index is 1.13. The van der Waals surface area contributed by atoms with Gasteiger partial charge in [0, 0.05) is 33.3 Å². The zero-order chi connectivity index (χ0) is 45.7. The van der Waals surface area contributed by atoms with Gasteiger partial charge in [0.1, 0.15) is 0 Å². The number of para-hydroxylation sites is 2. The van der Waals surface area contributed by atoms with Gasteiger partial charge in [0.05, 0.1) is 36.0 Å². The van der Waals surface area contributed by atoms with E-state index in [-0.39, 0.29) is 41.6 Å². The highest BCUT2D eigenvalue weighted by atomic mass is 15.2. The molecule has 0 saturated heterocycles. The molecule has 2 heteroatoms. The van der Waals surface area contributed by atoms with Crippen molar-refractivity contribution in [3.8, 4) is 39.1 Å². The summed E-state index contributed by atoms with van der Waals surface area (Å²) in [6, 6.07) is 62.6. The van der Waals surface area contributed by atoms with Gasteiger partial charge in [0.2, 0.25) is 0 Å². The largest absolute Gasteiger partial charge is 0.309 e. The molecular formula is C60H38N2. The van der Waals surface area contributed by atoms with Crippen LogP contribution in [0.3, 0.4) is 0 Å². The lowest BCUT2D eigenvalue weighted by atomic mass is 9.61. The van der Waals surface area contributed by atoms with Crippen LogP contribution in [0.15, 0.2) is 218 Å². The fraction of sp³-hybridized carbons (Fsp3) is 0.0333. The Bertz CT molecular complexity index is 4030. The summed E-state index contributed by atoms with van der Waals surface area (Å²) >= 11 is 0. The second kappa shape index (κ2) is 12.5. The summed E-state index contributed by atoms with van der Waals surface area (Å²) < 4.78 is 58.5. The van der Waals surface area contributed by atoms with Crippen LogP contribution in [-0.4, -0.2) is 4.57 Å². The molecule has 0 bridgehead atoms. The van der Waals surface area contributed by atoms with Crippen molar-refractivity contribution in [2.75, 3.05) is 4.90 Å². The average molecular weight is 793 g/mol. The maximum Gasteiger partial charge on any atom is 0.0726 e. The second-order valence-electron chi connectivity index (χ2n) is 16.7. The van der Waals surface area contributed by atoms with Gasteiger partial charge in [-0.25, -0.2) is 0 Å². The summed E-state index contributed by atoms with van der Waals surface area (Å²) in [6.45, 7) is 0. The lowest BCUT2D eigenvalue weighted by Crippen LogP contribution is -2.31. The first-order chi connectivity index (χ1) is 33.3. The predicted octanol–water partition coefficient (Wildman–Crippen LogP) is 15.3. The van der Waals surface area contributed by atoms with Crippen LogP contribution in [0.1, 0.15) is 41.6 Å². The number of benzene rings is 10. The molecule has 1 spiro atoms. The molecule has 3 aliphatic carbocycles. The third-order valence-electron chi connectivity index (χ3n) is 13.7. The molecule has 3 aliphatic rings. The quantitative estimate of drug-likeness (QED) is 0.172. The number of fused-ring (bicyclic) bond motifs is 15. The van der Waals surface area contributed by atoms with Crippen LogP contribution in [0.25, 0.3) is 71.6 Å². The maximum absolute atomic E-state index is 9.94. The molecule has 1 heterocycles. The summed E-state index contributed by atoms with van der Waals surface area (Å²) in [7, 11) is 0. The molecule has 10 aromatic carbocycles. The van der Waals surface area contributed by atoms with Gasteiger partial charge in [-0.05, 0) is 121 Å². The fourth-order valence-electron chi connectivity index (χ4n) is 11.4. The summed E-state index contributed by atoms with van der Waals surface area (Å²) in [5.74, 6) is 0. The SMILES string of the molecule is [2H]c1c([2H])c2c3c(c([2H])c([2H])c([2H])c3c1[2H])C1(c3ccccc3-c3c(N(c4ccc5c(c4)c4ccccc4n5-c4ccccc4)c4cccc5c4-c4ccccc4C5)cccc31)c1ccccc1-2. The fourth-order valence-corrected chi connectivity index (χ4v) is 11.4. The Labute approximate surface area is 368 Å². The summed E-state index contributed by atoms with van der Waals surface area (Å²) in [4.78, 5) is 2.42. The van der Waals surface area contributed by atoms with Crippen LogP contribution in [0.5, 0.6) is 0 Å². The van der Waals surface area contributed by atoms with Crippen LogP contribution < -0.4 is 4.90 Å². The molecule has 1 atom stereocenters. The van der Waals surface area contributed by atoms with Gasteiger partial charge >= 0.3 is 0 Å². The predicted molar refractivity (Wildman–Crippen MR) is 258 cm³/mol. The van der Waals surface area contributed by atoms with Gasteiger partial charge in [-0.2, -0.15) is 0 Å². The van der Waals surface area contributed by atoms with Crippen molar-refractivity contribution >= 4 is 49.6 Å². The summed E-state index contributed by atoms with van der Waals surface area (Å²) in [5.41, 5.74) is 16.2. The van der Waals surface area contributed by atoms with Gasteiger partial charge in [-0.3, -0.25) is 0 Å². The summed E-state index contributed by atoms with van der Waals surface area (Å²) in [6.07, 6.45) is 0.825. The standard InChI is InChI=1S/C60H38N2/c1-2-20-41(21-3-1)61-53-31-11-8-24-45(53)48-37-42(34-35-54(48)61)62(55-32-14-19-40-36-39-16-4-5-22-43(39)58(40)55)56-33-15-30-52-59(56)47-25-7-10-28-50(47)60(52)49-27-9-6-23-44(49)46-26-12-17-38-18-13-29-51(60)57(38)46/h1-35,37H,36H2/i12D,13D,17D,18D,26D,29D. The molecule has 288 valence electrons. The van der Waals surface area contributed by atoms with E-state index in [9.17, 15) is 6.85 Å². The third-order valence-corrected chi connectivity index (χ3v) is 13.7. The smallest absolute Gasteiger partial charge is 0.0726 e. The minimum absolute atomic E-state index is 0.113. The number of hydrogen-bond donors (Lipinski definition) is 0. The lowest BCUT2D eigenvalue weighted by Gasteiger charge is -2.40. The maximum atomic E-state index is 9.94. The molecule has 0 saturated carbocycles. The zero-order valence-electron chi connectivity index (χ0n) is 39.4. The molecule has 0 aliphatic heterocycles. The molecule has 0 amide bonds. The second-order valence-corrected chi connectivity index (χ2v) is 16.7. The number of nitrogens with zero attached hydrogens (tertiary/aromatic N) is 2. The van der Waals surface area contributed by atoms with Crippen LogP contribution in [0, 0.1) is 0 Å². The van der Waals surface area contributed by atoms with E-state index >= 15 is 0 Å². The number of aromatic nitrogens is 1. The first-order valence-electron chi connectivity index (χ1n) is 24.2. The third kappa shape index (κ3) is 4.33. The minimum atomic E-state index is -1.18.